The molecule has 0 N–H and O–H groups in total. The maximum absolute atomic E-state index is 13.9. The van der Waals surface area contributed by atoms with E-state index in [1.54, 1.807) is 17.7 Å². The third-order valence-electron chi connectivity index (χ3n) is 6.20. The number of aromatic nitrogens is 3. The molecule has 3 aromatic carbocycles. The Morgan fingerprint density at radius 3 is 2.30 bits per heavy atom. The molecule has 0 aliphatic rings. The van der Waals surface area contributed by atoms with Crippen LogP contribution in [0.15, 0.2) is 76.3 Å². The van der Waals surface area contributed by atoms with Crippen molar-refractivity contribution in [2.75, 3.05) is 7.11 Å². The van der Waals surface area contributed by atoms with Gasteiger partial charge >= 0.3 is 5.69 Å². The lowest BCUT2D eigenvalue weighted by atomic mass is 10.1. The van der Waals surface area contributed by atoms with Crippen LogP contribution in [0.1, 0.15) is 16.7 Å². The van der Waals surface area contributed by atoms with Crippen molar-refractivity contribution in [3.63, 3.8) is 0 Å². The van der Waals surface area contributed by atoms with Gasteiger partial charge in [0.25, 0.3) is 5.56 Å². The predicted octanol–water partition coefficient (Wildman–Crippen LogP) is 4.32. The second kappa shape index (κ2) is 7.81. The molecule has 6 nitrogen and oxygen atoms in total. The first-order chi connectivity index (χ1) is 15.9. The van der Waals surface area contributed by atoms with Crippen molar-refractivity contribution in [2.24, 2.45) is 7.05 Å². The molecule has 0 radical (unpaired) electrons. The highest BCUT2D eigenvalue weighted by molar-refractivity contribution is 6.06. The Morgan fingerprint density at radius 1 is 0.848 bits per heavy atom. The van der Waals surface area contributed by atoms with E-state index in [9.17, 15) is 9.59 Å². The summed E-state index contributed by atoms with van der Waals surface area (Å²) >= 11 is 0. The molecule has 33 heavy (non-hydrogen) atoms. The van der Waals surface area contributed by atoms with Gasteiger partial charge in [0.05, 0.1) is 30.4 Å². The van der Waals surface area contributed by atoms with E-state index in [1.807, 2.05) is 86.1 Å². The SMILES string of the molecule is COc1ccc2c(c1)c1c(c(=O)n(-c3cccc(C)c3)c(=O)n1Cc1ccc(C)cc1)n2C. The lowest BCUT2D eigenvalue weighted by Crippen LogP contribution is -2.39. The Morgan fingerprint density at radius 2 is 1.61 bits per heavy atom. The molecule has 0 fully saturated rings. The first-order valence-corrected chi connectivity index (χ1v) is 10.8. The van der Waals surface area contributed by atoms with Crippen molar-refractivity contribution in [3.8, 4) is 11.4 Å². The molecule has 0 aliphatic heterocycles. The number of rotatable bonds is 4. The van der Waals surface area contributed by atoms with Crippen LogP contribution in [-0.4, -0.2) is 20.8 Å². The van der Waals surface area contributed by atoms with Gasteiger partial charge in [-0.3, -0.25) is 9.36 Å². The lowest BCUT2D eigenvalue weighted by Gasteiger charge is -2.14. The van der Waals surface area contributed by atoms with E-state index in [0.717, 1.165) is 27.6 Å². The molecule has 0 saturated heterocycles. The maximum Gasteiger partial charge on any atom is 0.336 e. The molecule has 5 aromatic rings. The third kappa shape index (κ3) is 3.35. The largest absolute Gasteiger partial charge is 0.497 e. The van der Waals surface area contributed by atoms with E-state index in [0.29, 0.717) is 29.0 Å². The zero-order valence-corrected chi connectivity index (χ0v) is 19.1. The standard InChI is InChI=1S/C27H25N3O3/c1-17-8-10-19(11-9-17)16-29-24-22-15-21(33-4)12-13-23(22)28(3)25(24)26(31)30(27(29)32)20-7-5-6-18(2)14-20/h5-15H,16H2,1-4H3. The monoisotopic (exact) mass is 439 g/mol. The van der Waals surface area contributed by atoms with E-state index >= 15 is 0 Å². The van der Waals surface area contributed by atoms with Crippen LogP contribution in [0.4, 0.5) is 0 Å². The van der Waals surface area contributed by atoms with Gasteiger partial charge in [-0.05, 0) is 55.3 Å². The predicted molar refractivity (Wildman–Crippen MR) is 132 cm³/mol. The van der Waals surface area contributed by atoms with Gasteiger partial charge in [0.1, 0.15) is 11.3 Å². The minimum Gasteiger partial charge on any atom is -0.497 e. The van der Waals surface area contributed by atoms with Crippen LogP contribution >= 0.6 is 0 Å². The minimum atomic E-state index is -0.367. The summed E-state index contributed by atoms with van der Waals surface area (Å²) in [4.78, 5) is 27.6. The van der Waals surface area contributed by atoms with E-state index in [1.165, 1.54) is 4.57 Å². The molecular weight excluding hydrogens is 414 g/mol. The lowest BCUT2D eigenvalue weighted by molar-refractivity contribution is 0.415. The first-order valence-electron chi connectivity index (χ1n) is 10.8. The Hall–Kier alpha value is -4.06. The summed E-state index contributed by atoms with van der Waals surface area (Å²) in [6.07, 6.45) is 0. The second-order valence-electron chi connectivity index (χ2n) is 8.47. The van der Waals surface area contributed by atoms with Crippen LogP contribution in [-0.2, 0) is 13.6 Å². The molecule has 6 heteroatoms. The Balaban J connectivity index is 1.94. The summed E-state index contributed by atoms with van der Waals surface area (Å²) in [7, 11) is 3.47. The number of ether oxygens (including phenoxy) is 1. The fraction of sp³-hybridized carbons (Fsp3) is 0.185. The number of hydrogen-bond acceptors (Lipinski definition) is 3. The van der Waals surface area contributed by atoms with Crippen molar-refractivity contribution in [1.29, 1.82) is 0 Å². The molecular formula is C27H25N3O3. The van der Waals surface area contributed by atoms with Crippen molar-refractivity contribution in [3.05, 3.63) is 104 Å². The number of hydrogen-bond donors (Lipinski definition) is 0. The summed E-state index contributed by atoms with van der Waals surface area (Å²) in [5, 5.41) is 0.810. The molecule has 0 unspecified atom stereocenters. The summed E-state index contributed by atoms with van der Waals surface area (Å²) in [6, 6.07) is 21.2. The first kappa shape index (κ1) is 20.8. The van der Waals surface area contributed by atoms with E-state index < -0.39 is 0 Å². The van der Waals surface area contributed by atoms with Crippen LogP contribution in [0, 0.1) is 13.8 Å². The van der Waals surface area contributed by atoms with Gasteiger partial charge in [-0.25, -0.2) is 9.36 Å². The summed E-state index contributed by atoms with van der Waals surface area (Å²) in [5.74, 6) is 0.673. The number of aryl methyl sites for hydroxylation is 3. The topological polar surface area (TPSA) is 58.2 Å². The molecule has 0 atom stereocenters. The van der Waals surface area contributed by atoms with Gasteiger partial charge in [0.2, 0.25) is 0 Å². The van der Waals surface area contributed by atoms with Gasteiger partial charge in [-0.2, -0.15) is 0 Å². The highest BCUT2D eigenvalue weighted by Crippen LogP contribution is 2.29. The van der Waals surface area contributed by atoms with Crippen LogP contribution in [0.5, 0.6) is 5.75 Å². The molecule has 5 rings (SSSR count). The van der Waals surface area contributed by atoms with Crippen LogP contribution in [0.3, 0.4) is 0 Å². The molecule has 0 saturated carbocycles. The van der Waals surface area contributed by atoms with Crippen LogP contribution in [0.2, 0.25) is 0 Å². The normalized spacial score (nSPS) is 11.4. The number of benzene rings is 3. The summed E-state index contributed by atoms with van der Waals surface area (Å²) in [5.41, 5.74) is 4.93. The van der Waals surface area contributed by atoms with Gasteiger partial charge in [0.15, 0.2) is 0 Å². The number of methoxy groups -OCH3 is 1. The Labute approximate surface area is 190 Å². The zero-order valence-electron chi connectivity index (χ0n) is 19.1. The van der Waals surface area contributed by atoms with Gasteiger partial charge in [0, 0.05) is 12.4 Å². The number of fused-ring (bicyclic) bond motifs is 3. The van der Waals surface area contributed by atoms with Crippen molar-refractivity contribution in [2.45, 2.75) is 20.4 Å². The molecule has 0 aliphatic carbocycles. The molecule has 0 bridgehead atoms. The average molecular weight is 440 g/mol. The highest BCUT2D eigenvalue weighted by Gasteiger charge is 2.21. The zero-order chi connectivity index (χ0) is 23.3. The molecule has 166 valence electrons. The van der Waals surface area contributed by atoms with Gasteiger partial charge in [-0.1, -0.05) is 42.0 Å². The van der Waals surface area contributed by atoms with E-state index in [4.69, 9.17) is 4.74 Å². The molecule has 0 spiro atoms. The van der Waals surface area contributed by atoms with E-state index in [-0.39, 0.29) is 11.2 Å². The van der Waals surface area contributed by atoms with E-state index in [2.05, 4.69) is 0 Å². The highest BCUT2D eigenvalue weighted by atomic mass is 16.5. The van der Waals surface area contributed by atoms with Crippen molar-refractivity contribution >= 4 is 21.9 Å². The molecule has 0 amide bonds. The summed E-state index contributed by atoms with van der Waals surface area (Å²) in [6.45, 7) is 4.32. The van der Waals surface area contributed by atoms with Crippen molar-refractivity contribution in [1.82, 2.24) is 13.7 Å². The Bertz CT molecular complexity index is 1640. The second-order valence-corrected chi connectivity index (χ2v) is 8.47. The average Bonchev–Trinajstić information content (AvgIpc) is 3.10. The maximum atomic E-state index is 13.9. The fourth-order valence-corrected chi connectivity index (χ4v) is 4.48. The number of nitrogens with zero attached hydrogens (tertiary/aromatic N) is 3. The van der Waals surface area contributed by atoms with Crippen molar-refractivity contribution < 1.29 is 4.74 Å². The van der Waals surface area contributed by atoms with Crippen LogP contribution in [0.25, 0.3) is 27.6 Å². The fourth-order valence-electron chi connectivity index (χ4n) is 4.48. The smallest absolute Gasteiger partial charge is 0.336 e. The van der Waals surface area contributed by atoms with Crippen LogP contribution < -0.4 is 16.0 Å². The van der Waals surface area contributed by atoms with Gasteiger partial charge < -0.3 is 9.30 Å². The molecule has 2 heterocycles. The Kier molecular flexibility index (Phi) is 4.93. The third-order valence-corrected chi connectivity index (χ3v) is 6.20. The van der Waals surface area contributed by atoms with Gasteiger partial charge in [-0.15, -0.1) is 0 Å². The summed E-state index contributed by atoms with van der Waals surface area (Å²) < 4.78 is 10.3. The minimum absolute atomic E-state index is 0.335. The molecule has 2 aromatic heterocycles. The quantitative estimate of drug-likeness (QED) is 0.419.